The minimum atomic E-state index is -1.12. The average Bonchev–Trinajstić information content (AvgIpc) is 2.73. The lowest BCUT2D eigenvalue weighted by Crippen LogP contribution is -2.40. The third-order valence-electron chi connectivity index (χ3n) is 5.39. The molecule has 3 unspecified atom stereocenters. The largest absolute Gasteiger partial charge is 0.444 e. The molecule has 1 fully saturated rings. The molecule has 0 radical (unpaired) electrons. The smallest absolute Gasteiger partial charge is 0.412 e. The van der Waals surface area contributed by atoms with Gasteiger partial charge in [0.1, 0.15) is 17.5 Å². The van der Waals surface area contributed by atoms with Gasteiger partial charge in [0.05, 0.1) is 18.8 Å². The zero-order valence-electron chi connectivity index (χ0n) is 20.8. The summed E-state index contributed by atoms with van der Waals surface area (Å²) in [6.07, 6.45) is 0.648. The molecule has 1 amide bonds. The number of alkyl halides is 1. The van der Waals surface area contributed by atoms with E-state index in [9.17, 15) is 14.0 Å². The Morgan fingerprint density at radius 1 is 1.26 bits per heavy atom. The fourth-order valence-electron chi connectivity index (χ4n) is 3.92. The Kier molecular flexibility index (Phi) is 8.77. The number of hydrogen-bond acceptors (Lipinski definition) is 6. The van der Waals surface area contributed by atoms with Gasteiger partial charge < -0.3 is 19.4 Å². The second kappa shape index (κ2) is 11.4. The number of halogens is 2. The van der Waals surface area contributed by atoms with Gasteiger partial charge in [-0.1, -0.05) is 23.7 Å². The summed E-state index contributed by atoms with van der Waals surface area (Å²) in [5.74, 6) is 0.292. The van der Waals surface area contributed by atoms with Crippen LogP contribution in [0.3, 0.4) is 0 Å². The van der Waals surface area contributed by atoms with Gasteiger partial charge in [-0.15, -0.1) is 0 Å². The second-order valence-electron chi connectivity index (χ2n) is 10.1. The Hall–Kier alpha value is -2.65. The molecule has 2 N–H and O–H groups in total. The number of carbonyl (C=O) groups excluding carboxylic acids is 1. The second-order valence-corrected chi connectivity index (χ2v) is 10.5. The van der Waals surface area contributed by atoms with Gasteiger partial charge in [-0.3, -0.25) is 10.1 Å². The van der Waals surface area contributed by atoms with Crippen LogP contribution in [0.4, 0.5) is 20.8 Å². The van der Waals surface area contributed by atoms with E-state index >= 15 is 0 Å². The maximum atomic E-state index is 14.7. The average molecular weight is 509 g/mol. The van der Waals surface area contributed by atoms with E-state index in [1.807, 2.05) is 26.0 Å². The summed E-state index contributed by atoms with van der Waals surface area (Å²) in [5.41, 5.74) is -0.457. The van der Waals surface area contributed by atoms with Crippen molar-refractivity contribution in [1.29, 1.82) is 0 Å². The molecule has 1 aliphatic carbocycles. The molecule has 3 atom stereocenters. The van der Waals surface area contributed by atoms with Crippen molar-refractivity contribution >= 4 is 29.3 Å². The van der Waals surface area contributed by atoms with E-state index < -0.39 is 29.5 Å². The Morgan fingerprint density at radius 3 is 2.54 bits per heavy atom. The fraction of sp³-hybridized carbons (Fsp3) is 0.560. The molecule has 1 aromatic heterocycles. The topological polar surface area (TPSA) is 94.5 Å². The number of anilines is 2. The maximum absolute atomic E-state index is 14.7. The van der Waals surface area contributed by atoms with Gasteiger partial charge >= 0.3 is 6.09 Å². The summed E-state index contributed by atoms with van der Waals surface area (Å²) in [5, 5.41) is 6.32. The Morgan fingerprint density at radius 2 is 1.94 bits per heavy atom. The van der Waals surface area contributed by atoms with E-state index in [1.54, 1.807) is 37.5 Å². The molecular formula is C25H34ClFN4O4. The molecule has 10 heteroatoms. The summed E-state index contributed by atoms with van der Waals surface area (Å²) in [4.78, 5) is 29.1. The minimum Gasteiger partial charge on any atom is -0.444 e. The molecule has 1 heterocycles. The molecule has 35 heavy (non-hydrogen) atoms. The monoisotopic (exact) mass is 508 g/mol. The van der Waals surface area contributed by atoms with Crippen molar-refractivity contribution < 1.29 is 18.7 Å². The first-order valence-electron chi connectivity index (χ1n) is 11.8. The number of carbonyl (C=O) groups is 1. The van der Waals surface area contributed by atoms with Crippen LogP contribution in [0, 0.1) is 0 Å². The summed E-state index contributed by atoms with van der Waals surface area (Å²) >= 11 is 6.01. The number of aromatic nitrogens is 2. The Labute approximate surface area is 210 Å². The van der Waals surface area contributed by atoms with Crippen LogP contribution in [0.15, 0.2) is 35.3 Å². The van der Waals surface area contributed by atoms with Crippen LogP contribution in [-0.2, 0) is 16.0 Å². The molecule has 3 rings (SSSR count). The number of benzene rings is 1. The predicted octanol–water partition coefficient (Wildman–Crippen LogP) is 5.39. The highest BCUT2D eigenvalue weighted by Gasteiger charge is 2.32. The lowest BCUT2D eigenvalue weighted by molar-refractivity contribution is -0.0567. The van der Waals surface area contributed by atoms with Crippen molar-refractivity contribution in [3.05, 3.63) is 51.4 Å². The number of ether oxygens (including phenoxy) is 2. The van der Waals surface area contributed by atoms with Gasteiger partial charge in [0.15, 0.2) is 0 Å². The Bertz CT molecular complexity index is 1070. The predicted molar refractivity (Wildman–Crippen MR) is 135 cm³/mol. The van der Waals surface area contributed by atoms with Gasteiger partial charge in [0.2, 0.25) is 5.95 Å². The van der Waals surface area contributed by atoms with E-state index in [0.29, 0.717) is 30.4 Å². The van der Waals surface area contributed by atoms with Crippen LogP contribution in [0.25, 0.3) is 0 Å². The highest BCUT2D eigenvalue weighted by molar-refractivity contribution is 6.30. The van der Waals surface area contributed by atoms with Crippen molar-refractivity contribution in [2.24, 2.45) is 0 Å². The molecule has 8 nitrogen and oxygen atoms in total. The standard InChI is InChI=1S/C25H34ClFN4O4/c1-15(2)34-21-11-10-18(12-19(21)27)28-23-30-22(32)20(29-24(33)35-25(3,4)5)14-31(23)13-16-6-8-17(26)9-7-16/h6-9,14-15,18-19,21H,10-13H2,1-5H3,(H,29,33)(H,28,30,32). The van der Waals surface area contributed by atoms with Gasteiger partial charge in [-0.05, 0) is 65.2 Å². The molecule has 0 saturated heterocycles. The summed E-state index contributed by atoms with van der Waals surface area (Å²) in [7, 11) is 0. The lowest BCUT2D eigenvalue weighted by atomic mass is 9.91. The van der Waals surface area contributed by atoms with Crippen LogP contribution in [0.1, 0.15) is 59.4 Å². The van der Waals surface area contributed by atoms with Crippen LogP contribution in [0.2, 0.25) is 5.02 Å². The first-order valence-corrected chi connectivity index (χ1v) is 12.2. The molecule has 1 aromatic carbocycles. The third kappa shape index (κ3) is 8.21. The van der Waals surface area contributed by atoms with Gasteiger partial charge in [0.25, 0.3) is 5.56 Å². The number of nitrogens with zero attached hydrogens (tertiary/aromatic N) is 2. The highest BCUT2D eigenvalue weighted by Crippen LogP contribution is 2.27. The first-order chi connectivity index (χ1) is 16.4. The number of amides is 1. The third-order valence-corrected chi connectivity index (χ3v) is 5.64. The van der Waals surface area contributed by atoms with E-state index in [4.69, 9.17) is 21.1 Å². The SMILES string of the molecule is CC(C)OC1CCC(Nc2nc(=O)c(NC(=O)OC(C)(C)C)cn2Cc2ccc(Cl)cc2)CC1F. The van der Waals surface area contributed by atoms with Crippen LogP contribution in [0.5, 0.6) is 0 Å². The molecule has 2 aromatic rings. The van der Waals surface area contributed by atoms with Gasteiger partial charge in [0, 0.05) is 23.7 Å². The summed E-state index contributed by atoms with van der Waals surface area (Å²) in [6, 6.07) is 7.03. The van der Waals surface area contributed by atoms with Crippen LogP contribution < -0.4 is 16.2 Å². The van der Waals surface area contributed by atoms with Gasteiger partial charge in [-0.25, -0.2) is 9.18 Å². The zero-order valence-corrected chi connectivity index (χ0v) is 21.6. The van der Waals surface area contributed by atoms with Crippen molar-refractivity contribution in [3.8, 4) is 0 Å². The van der Waals surface area contributed by atoms with Crippen molar-refractivity contribution in [1.82, 2.24) is 9.55 Å². The number of nitrogens with one attached hydrogen (secondary N) is 2. The van der Waals surface area contributed by atoms with Crippen LogP contribution in [-0.4, -0.2) is 45.7 Å². The summed E-state index contributed by atoms with van der Waals surface area (Å²) < 4.78 is 27.4. The minimum absolute atomic E-state index is 0.0174. The quantitative estimate of drug-likeness (QED) is 0.521. The van der Waals surface area contributed by atoms with E-state index in [1.165, 1.54) is 6.20 Å². The fourth-order valence-corrected chi connectivity index (χ4v) is 4.04. The summed E-state index contributed by atoms with van der Waals surface area (Å²) in [6.45, 7) is 9.33. The molecule has 1 saturated carbocycles. The molecule has 0 aliphatic heterocycles. The van der Waals surface area contributed by atoms with E-state index in [-0.39, 0.29) is 24.3 Å². The number of rotatable bonds is 7. The van der Waals surface area contributed by atoms with E-state index in [0.717, 1.165) is 5.56 Å². The zero-order chi connectivity index (χ0) is 25.8. The first kappa shape index (κ1) is 26.9. The van der Waals surface area contributed by atoms with E-state index in [2.05, 4.69) is 15.6 Å². The molecule has 0 spiro atoms. The normalized spacial score (nSPS) is 20.5. The molecular weight excluding hydrogens is 475 g/mol. The van der Waals surface area contributed by atoms with Crippen molar-refractivity contribution in [2.75, 3.05) is 10.6 Å². The molecule has 0 bridgehead atoms. The van der Waals surface area contributed by atoms with Crippen molar-refractivity contribution in [2.45, 2.75) is 90.4 Å². The molecule has 1 aliphatic rings. The molecule has 192 valence electrons. The lowest BCUT2D eigenvalue weighted by Gasteiger charge is -2.33. The maximum Gasteiger partial charge on any atom is 0.412 e. The highest BCUT2D eigenvalue weighted by atomic mass is 35.5. The van der Waals surface area contributed by atoms with Crippen molar-refractivity contribution in [3.63, 3.8) is 0 Å². The Balaban J connectivity index is 1.84. The van der Waals surface area contributed by atoms with Crippen LogP contribution >= 0.6 is 11.6 Å². The van der Waals surface area contributed by atoms with Gasteiger partial charge in [-0.2, -0.15) is 4.98 Å². The number of hydrogen-bond donors (Lipinski definition) is 2.